The number of anilines is 1. The molecule has 0 spiro atoms. The first-order chi connectivity index (χ1) is 23.2. The molecule has 0 saturated carbocycles. The van der Waals surface area contributed by atoms with Crippen molar-refractivity contribution in [2.75, 3.05) is 24.7 Å². The first-order valence-corrected chi connectivity index (χ1v) is 17.7. The number of para-hydroxylation sites is 1. The van der Waals surface area contributed by atoms with E-state index in [2.05, 4.69) is 29.5 Å². The minimum absolute atomic E-state index is 0.0144. The van der Waals surface area contributed by atoms with Gasteiger partial charge < -0.3 is 19.7 Å². The van der Waals surface area contributed by atoms with Crippen LogP contribution in [0.1, 0.15) is 93.1 Å². The third kappa shape index (κ3) is 9.85. The lowest BCUT2D eigenvalue weighted by Crippen LogP contribution is -2.36. The maximum atomic E-state index is 13.9. The SMILES string of the molecule is CCC(C)OCCn1nnc2c1-c1ccccc1CN(C(=O)CCC(=O)NCCC(C)(C)OCCC(C)(C)C(=O)C(C)C)c1ccccc1-2. The zero-order valence-corrected chi connectivity index (χ0v) is 30.7. The Hall–Kier alpha value is -3.89. The molecule has 0 saturated heterocycles. The molecule has 2 aromatic carbocycles. The first kappa shape index (κ1) is 37.9. The number of amides is 2. The molecule has 1 aliphatic rings. The van der Waals surface area contributed by atoms with Crippen LogP contribution in [0.5, 0.6) is 0 Å². The molecule has 0 aliphatic carbocycles. The molecule has 1 atom stereocenters. The summed E-state index contributed by atoms with van der Waals surface area (Å²) >= 11 is 0. The van der Waals surface area contributed by atoms with Crippen molar-refractivity contribution in [2.24, 2.45) is 11.3 Å². The highest BCUT2D eigenvalue weighted by Crippen LogP contribution is 2.41. The van der Waals surface area contributed by atoms with Crippen molar-refractivity contribution in [3.8, 4) is 22.5 Å². The van der Waals surface area contributed by atoms with E-state index in [1.807, 2.05) is 94.8 Å². The minimum Gasteiger partial charge on any atom is -0.377 e. The number of carbonyl (C=O) groups is 3. The lowest BCUT2D eigenvalue weighted by Gasteiger charge is -2.30. The number of hydrogen-bond acceptors (Lipinski definition) is 7. The van der Waals surface area contributed by atoms with Gasteiger partial charge in [0.2, 0.25) is 11.8 Å². The third-order valence-corrected chi connectivity index (χ3v) is 9.39. The summed E-state index contributed by atoms with van der Waals surface area (Å²) < 4.78 is 14.0. The lowest BCUT2D eigenvalue weighted by atomic mass is 9.80. The van der Waals surface area contributed by atoms with E-state index < -0.39 is 11.0 Å². The molecule has 1 N–H and O–H groups in total. The molecule has 266 valence electrons. The molecular formula is C39H55N5O5. The Morgan fingerprint density at radius 1 is 0.918 bits per heavy atom. The van der Waals surface area contributed by atoms with Crippen molar-refractivity contribution in [2.45, 2.75) is 112 Å². The predicted octanol–water partition coefficient (Wildman–Crippen LogP) is 7.00. The smallest absolute Gasteiger partial charge is 0.227 e. The van der Waals surface area contributed by atoms with Gasteiger partial charge in [0.25, 0.3) is 0 Å². The van der Waals surface area contributed by atoms with Crippen LogP contribution in [0.25, 0.3) is 22.5 Å². The molecule has 10 heteroatoms. The Labute approximate surface area is 291 Å². The van der Waals surface area contributed by atoms with Crippen LogP contribution in [0.15, 0.2) is 48.5 Å². The van der Waals surface area contributed by atoms with E-state index in [9.17, 15) is 14.4 Å². The van der Waals surface area contributed by atoms with Gasteiger partial charge in [-0.25, -0.2) is 4.68 Å². The topological polar surface area (TPSA) is 116 Å². The largest absolute Gasteiger partial charge is 0.377 e. The quantitative estimate of drug-likeness (QED) is 0.164. The van der Waals surface area contributed by atoms with Gasteiger partial charge in [0.1, 0.15) is 11.5 Å². The summed E-state index contributed by atoms with van der Waals surface area (Å²) in [6, 6.07) is 15.8. The van der Waals surface area contributed by atoms with Crippen LogP contribution in [0.4, 0.5) is 5.69 Å². The van der Waals surface area contributed by atoms with Crippen molar-refractivity contribution < 1.29 is 23.9 Å². The van der Waals surface area contributed by atoms with Gasteiger partial charge in [0.15, 0.2) is 0 Å². The summed E-state index contributed by atoms with van der Waals surface area (Å²) in [5, 5.41) is 12.1. The number of carbonyl (C=O) groups excluding carboxylic acids is 3. The Morgan fingerprint density at radius 2 is 1.61 bits per heavy atom. The van der Waals surface area contributed by atoms with Gasteiger partial charge in [0, 0.05) is 48.5 Å². The second kappa shape index (κ2) is 16.7. The summed E-state index contributed by atoms with van der Waals surface area (Å²) in [7, 11) is 0. The summed E-state index contributed by atoms with van der Waals surface area (Å²) in [4.78, 5) is 41.0. The minimum atomic E-state index is -0.469. The number of fused-ring (bicyclic) bond motifs is 5. The monoisotopic (exact) mass is 673 g/mol. The summed E-state index contributed by atoms with van der Waals surface area (Å²) in [6.07, 6.45) is 2.48. The molecule has 2 amide bonds. The van der Waals surface area contributed by atoms with Crippen molar-refractivity contribution in [1.82, 2.24) is 20.3 Å². The van der Waals surface area contributed by atoms with Crippen LogP contribution in [0, 0.1) is 11.3 Å². The van der Waals surface area contributed by atoms with E-state index in [0.717, 1.165) is 34.5 Å². The fourth-order valence-electron chi connectivity index (χ4n) is 6.16. The van der Waals surface area contributed by atoms with Gasteiger partial charge in [-0.2, -0.15) is 0 Å². The average molecular weight is 674 g/mol. The second-order valence-electron chi connectivity index (χ2n) is 14.6. The average Bonchev–Trinajstić information content (AvgIpc) is 3.47. The van der Waals surface area contributed by atoms with Crippen molar-refractivity contribution in [3.05, 3.63) is 54.1 Å². The number of Topliss-reactive ketones (excluding diaryl/α,β-unsaturated/α-hetero) is 1. The highest BCUT2D eigenvalue weighted by molar-refractivity contribution is 6.01. The zero-order valence-electron chi connectivity index (χ0n) is 30.7. The normalized spacial score (nSPS) is 13.6. The van der Waals surface area contributed by atoms with Crippen LogP contribution in [-0.2, 0) is 36.9 Å². The third-order valence-electron chi connectivity index (χ3n) is 9.39. The van der Waals surface area contributed by atoms with E-state index in [4.69, 9.17) is 9.47 Å². The standard InChI is InChI=1S/C39H55N5O5/c1-9-28(4)48-25-23-44-36-30-15-11-10-14-29(30)26-43(32-17-13-12-16-31(32)35(36)41-42-44)34(46)19-18-33(45)40-22-20-39(7,8)49-24-21-38(5,6)37(47)27(2)3/h10-17,27-28H,9,18-26H2,1-8H3,(H,40,45). The predicted molar refractivity (Wildman–Crippen MR) is 193 cm³/mol. The second-order valence-corrected chi connectivity index (χ2v) is 14.6. The van der Waals surface area contributed by atoms with Crippen LogP contribution in [0.2, 0.25) is 0 Å². The van der Waals surface area contributed by atoms with Crippen LogP contribution < -0.4 is 10.2 Å². The molecule has 0 fully saturated rings. The van der Waals surface area contributed by atoms with Gasteiger partial charge in [0.05, 0.1) is 42.8 Å². The van der Waals surface area contributed by atoms with Gasteiger partial charge in [-0.3, -0.25) is 14.4 Å². The van der Waals surface area contributed by atoms with Gasteiger partial charge in [-0.1, -0.05) is 82.3 Å². The van der Waals surface area contributed by atoms with Crippen LogP contribution >= 0.6 is 0 Å². The molecule has 1 unspecified atom stereocenters. The van der Waals surface area contributed by atoms with Crippen LogP contribution in [0.3, 0.4) is 0 Å². The Balaban J connectivity index is 1.39. The molecular weight excluding hydrogens is 618 g/mol. The molecule has 49 heavy (non-hydrogen) atoms. The number of aromatic nitrogens is 3. The Bertz CT molecular complexity index is 1590. The summed E-state index contributed by atoms with van der Waals surface area (Å²) in [6.45, 7) is 18.2. The maximum Gasteiger partial charge on any atom is 0.227 e. The van der Waals surface area contributed by atoms with Crippen molar-refractivity contribution in [3.63, 3.8) is 0 Å². The van der Waals surface area contributed by atoms with Crippen LogP contribution in [-0.4, -0.2) is 64.1 Å². The van der Waals surface area contributed by atoms with E-state index in [0.29, 0.717) is 51.4 Å². The maximum absolute atomic E-state index is 13.9. The number of benzene rings is 2. The van der Waals surface area contributed by atoms with E-state index in [1.54, 1.807) is 4.90 Å². The summed E-state index contributed by atoms with van der Waals surface area (Å²) in [5.41, 5.74) is 4.20. The number of hydrogen-bond donors (Lipinski definition) is 1. The number of nitrogens with one attached hydrogen (secondary N) is 1. The zero-order chi connectivity index (χ0) is 35.8. The molecule has 1 aliphatic heterocycles. The van der Waals surface area contributed by atoms with Crippen molar-refractivity contribution in [1.29, 1.82) is 0 Å². The van der Waals surface area contributed by atoms with Gasteiger partial charge in [-0.05, 0) is 51.7 Å². The molecule has 3 aromatic rings. The number of nitrogens with zero attached hydrogens (tertiary/aromatic N) is 4. The Kier molecular flexibility index (Phi) is 12.9. The first-order valence-electron chi connectivity index (χ1n) is 17.7. The number of ether oxygens (including phenoxy) is 2. The molecule has 0 bridgehead atoms. The molecule has 2 heterocycles. The van der Waals surface area contributed by atoms with E-state index in [-0.39, 0.29) is 42.5 Å². The Morgan fingerprint density at radius 3 is 2.33 bits per heavy atom. The van der Waals surface area contributed by atoms with E-state index in [1.165, 1.54) is 0 Å². The highest BCUT2D eigenvalue weighted by Gasteiger charge is 2.31. The van der Waals surface area contributed by atoms with E-state index >= 15 is 0 Å². The number of rotatable bonds is 17. The fourth-order valence-corrected chi connectivity index (χ4v) is 6.16. The van der Waals surface area contributed by atoms with Gasteiger partial charge in [-0.15, -0.1) is 5.10 Å². The fraction of sp³-hybridized carbons (Fsp3) is 0.564. The molecule has 0 radical (unpaired) electrons. The van der Waals surface area contributed by atoms with Crippen molar-refractivity contribution >= 4 is 23.3 Å². The lowest BCUT2D eigenvalue weighted by molar-refractivity contribution is -0.132. The van der Waals surface area contributed by atoms with Gasteiger partial charge >= 0.3 is 0 Å². The summed E-state index contributed by atoms with van der Waals surface area (Å²) in [5.74, 6) is -0.106. The highest BCUT2D eigenvalue weighted by atomic mass is 16.5. The molecule has 10 nitrogen and oxygen atoms in total. The number of ketones is 1. The molecule has 4 rings (SSSR count). The molecule has 1 aromatic heterocycles.